The molecule has 1 N–H and O–H groups in total. The van der Waals surface area contributed by atoms with Gasteiger partial charge in [-0.15, -0.1) is 11.3 Å². The maximum Gasteiger partial charge on any atom is 0.261 e. The summed E-state index contributed by atoms with van der Waals surface area (Å²) >= 11 is 1.56. The highest BCUT2D eigenvalue weighted by Gasteiger charge is 2.14. The lowest BCUT2D eigenvalue weighted by molar-refractivity contribution is 0.0954. The number of carbonyl (C=O) groups is 1. The van der Waals surface area contributed by atoms with Crippen molar-refractivity contribution >= 4 is 27.3 Å². The van der Waals surface area contributed by atoms with Gasteiger partial charge in [-0.3, -0.25) is 4.79 Å². The zero-order chi connectivity index (χ0) is 13.9. The molecule has 1 aromatic heterocycles. The van der Waals surface area contributed by atoms with Crippen molar-refractivity contribution in [2.24, 2.45) is 0 Å². The molecule has 3 heteroatoms. The zero-order valence-corrected chi connectivity index (χ0v) is 12.0. The van der Waals surface area contributed by atoms with E-state index in [0.29, 0.717) is 6.54 Å². The molecule has 0 saturated carbocycles. The quantitative estimate of drug-likeness (QED) is 0.768. The molecule has 1 heterocycles. The van der Waals surface area contributed by atoms with Crippen LogP contribution < -0.4 is 5.32 Å². The fourth-order valence-corrected chi connectivity index (χ4v) is 3.37. The second kappa shape index (κ2) is 5.47. The summed E-state index contributed by atoms with van der Waals surface area (Å²) in [5.41, 5.74) is 2.18. The molecule has 0 aliphatic rings. The van der Waals surface area contributed by atoms with Crippen LogP contribution in [-0.4, -0.2) is 5.91 Å². The molecule has 0 aliphatic heterocycles. The van der Waals surface area contributed by atoms with Crippen LogP contribution in [0, 0.1) is 6.92 Å². The molecule has 0 fully saturated rings. The number of hydrogen-bond acceptors (Lipinski definition) is 2. The summed E-state index contributed by atoms with van der Waals surface area (Å²) in [7, 11) is 0. The molecule has 0 bridgehead atoms. The normalized spacial score (nSPS) is 10.7. The first kappa shape index (κ1) is 12.9. The van der Waals surface area contributed by atoms with E-state index in [1.165, 1.54) is 5.39 Å². The van der Waals surface area contributed by atoms with Crippen molar-refractivity contribution in [2.45, 2.75) is 13.5 Å². The van der Waals surface area contributed by atoms with E-state index in [9.17, 15) is 4.79 Å². The van der Waals surface area contributed by atoms with Crippen molar-refractivity contribution < 1.29 is 4.79 Å². The third kappa shape index (κ3) is 2.45. The van der Waals surface area contributed by atoms with E-state index >= 15 is 0 Å². The number of rotatable bonds is 3. The molecule has 2 nitrogen and oxygen atoms in total. The first-order valence-corrected chi connectivity index (χ1v) is 7.37. The van der Waals surface area contributed by atoms with Gasteiger partial charge in [-0.2, -0.15) is 0 Å². The standard InChI is InChI=1S/C17H15NOS/c1-12-14-9-5-6-10-15(14)20-16(12)17(19)18-11-13-7-3-2-4-8-13/h2-10H,11H2,1H3,(H,18,19). The predicted molar refractivity (Wildman–Crippen MR) is 84.2 cm³/mol. The molecule has 0 atom stereocenters. The second-order valence-corrected chi connectivity index (χ2v) is 5.77. The molecule has 0 spiro atoms. The SMILES string of the molecule is Cc1c(C(=O)NCc2ccccc2)sc2ccccc12. The minimum absolute atomic E-state index is 0.00699. The Balaban J connectivity index is 1.81. The van der Waals surface area contributed by atoms with Crippen molar-refractivity contribution in [3.05, 3.63) is 70.6 Å². The largest absolute Gasteiger partial charge is 0.347 e. The zero-order valence-electron chi connectivity index (χ0n) is 11.2. The number of amides is 1. The molecule has 3 aromatic rings. The van der Waals surface area contributed by atoms with E-state index in [-0.39, 0.29) is 5.91 Å². The van der Waals surface area contributed by atoms with E-state index in [2.05, 4.69) is 17.4 Å². The highest BCUT2D eigenvalue weighted by Crippen LogP contribution is 2.30. The van der Waals surface area contributed by atoms with Crippen LogP contribution >= 0.6 is 11.3 Å². The van der Waals surface area contributed by atoms with Crippen LogP contribution in [0.2, 0.25) is 0 Å². The number of fused-ring (bicyclic) bond motifs is 1. The maximum atomic E-state index is 12.3. The third-order valence-electron chi connectivity index (χ3n) is 3.35. The Morgan fingerprint density at radius 1 is 1.05 bits per heavy atom. The van der Waals surface area contributed by atoms with Gasteiger partial charge in [-0.05, 0) is 29.5 Å². The number of thiophene rings is 1. The van der Waals surface area contributed by atoms with Crippen molar-refractivity contribution in [1.82, 2.24) is 5.32 Å². The Hall–Kier alpha value is -2.13. The summed E-state index contributed by atoms with van der Waals surface area (Å²) in [6.07, 6.45) is 0. The molecule has 100 valence electrons. The first-order chi connectivity index (χ1) is 9.75. The monoisotopic (exact) mass is 281 g/mol. The summed E-state index contributed by atoms with van der Waals surface area (Å²) in [6, 6.07) is 18.1. The molecular formula is C17H15NOS. The molecule has 0 aliphatic carbocycles. The van der Waals surface area contributed by atoms with Crippen molar-refractivity contribution in [2.75, 3.05) is 0 Å². The summed E-state index contributed by atoms with van der Waals surface area (Å²) < 4.78 is 1.16. The Labute approximate surface area is 122 Å². The molecule has 2 aromatic carbocycles. The topological polar surface area (TPSA) is 29.1 Å². The molecule has 0 radical (unpaired) electrons. The minimum atomic E-state index is 0.00699. The van der Waals surface area contributed by atoms with Crippen LogP contribution in [0.4, 0.5) is 0 Å². The van der Waals surface area contributed by atoms with E-state index in [4.69, 9.17) is 0 Å². The van der Waals surface area contributed by atoms with Crippen molar-refractivity contribution in [3.63, 3.8) is 0 Å². The fourth-order valence-electron chi connectivity index (χ4n) is 2.25. The van der Waals surface area contributed by atoms with Gasteiger partial charge in [-0.1, -0.05) is 48.5 Å². The number of aryl methyl sites for hydroxylation is 1. The van der Waals surface area contributed by atoms with Gasteiger partial charge in [0.1, 0.15) is 0 Å². The lowest BCUT2D eigenvalue weighted by Crippen LogP contribution is -2.22. The van der Waals surface area contributed by atoms with Gasteiger partial charge in [0.2, 0.25) is 0 Å². The van der Waals surface area contributed by atoms with Crippen molar-refractivity contribution in [3.8, 4) is 0 Å². The van der Waals surface area contributed by atoms with Crippen LogP contribution in [0.25, 0.3) is 10.1 Å². The van der Waals surface area contributed by atoms with Crippen LogP contribution in [0.3, 0.4) is 0 Å². The molecular weight excluding hydrogens is 266 g/mol. The van der Waals surface area contributed by atoms with E-state index in [1.807, 2.05) is 49.4 Å². The van der Waals surface area contributed by atoms with Gasteiger partial charge in [-0.25, -0.2) is 0 Å². The Kier molecular flexibility index (Phi) is 3.52. The first-order valence-electron chi connectivity index (χ1n) is 6.56. The van der Waals surface area contributed by atoms with Gasteiger partial charge in [0, 0.05) is 11.2 Å². The fraction of sp³-hybridized carbons (Fsp3) is 0.118. The average Bonchev–Trinajstić information content (AvgIpc) is 2.84. The number of carbonyl (C=O) groups excluding carboxylic acids is 1. The minimum Gasteiger partial charge on any atom is -0.347 e. The van der Waals surface area contributed by atoms with Crippen LogP contribution in [-0.2, 0) is 6.54 Å². The molecule has 20 heavy (non-hydrogen) atoms. The van der Waals surface area contributed by atoms with Crippen LogP contribution in [0.15, 0.2) is 54.6 Å². The van der Waals surface area contributed by atoms with Gasteiger partial charge in [0.15, 0.2) is 0 Å². The second-order valence-electron chi connectivity index (χ2n) is 4.72. The van der Waals surface area contributed by atoms with E-state index < -0.39 is 0 Å². The molecule has 3 rings (SSSR count). The lowest BCUT2D eigenvalue weighted by atomic mass is 10.1. The molecule has 0 saturated heterocycles. The van der Waals surface area contributed by atoms with Crippen LogP contribution in [0.1, 0.15) is 20.8 Å². The van der Waals surface area contributed by atoms with Crippen LogP contribution in [0.5, 0.6) is 0 Å². The maximum absolute atomic E-state index is 12.3. The Morgan fingerprint density at radius 2 is 1.75 bits per heavy atom. The van der Waals surface area contributed by atoms with Gasteiger partial charge < -0.3 is 5.32 Å². The summed E-state index contributed by atoms with van der Waals surface area (Å²) in [5, 5.41) is 4.16. The Bertz CT molecular complexity index is 746. The van der Waals surface area contributed by atoms with Gasteiger partial charge in [0.05, 0.1) is 4.88 Å². The van der Waals surface area contributed by atoms with Gasteiger partial charge in [0.25, 0.3) is 5.91 Å². The number of nitrogens with one attached hydrogen (secondary N) is 1. The summed E-state index contributed by atoms with van der Waals surface area (Å²) in [6.45, 7) is 2.57. The summed E-state index contributed by atoms with van der Waals surface area (Å²) in [5.74, 6) is 0.00699. The average molecular weight is 281 g/mol. The number of hydrogen-bond donors (Lipinski definition) is 1. The molecule has 0 unspecified atom stereocenters. The summed E-state index contributed by atoms with van der Waals surface area (Å²) in [4.78, 5) is 13.1. The third-order valence-corrected chi connectivity index (χ3v) is 4.62. The van der Waals surface area contributed by atoms with Crippen molar-refractivity contribution in [1.29, 1.82) is 0 Å². The van der Waals surface area contributed by atoms with Gasteiger partial charge >= 0.3 is 0 Å². The van der Waals surface area contributed by atoms with E-state index in [1.54, 1.807) is 11.3 Å². The molecule has 1 amide bonds. The smallest absolute Gasteiger partial charge is 0.261 e. The Morgan fingerprint density at radius 3 is 2.50 bits per heavy atom. The predicted octanol–water partition coefficient (Wildman–Crippen LogP) is 4.14. The highest BCUT2D eigenvalue weighted by atomic mass is 32.1. The van der Waals surface area contributed by atoms with E-state index in [0.717, 1.165) is 20.7 Å². The highest BCUT2D eigenvalue weighted by molar-refractivity contribution is 7.21. The lowest BCUT2D eigenvalue weighted by Gasteiger charge is -2.04. The number of benzene rings is 2.